The van der Waals surface area contributed by atoms with Crippen LogP contribution in [-0.4, -0.2) is 10.9 Å². The van der Waals surface area contributed by atoms with E-state index in [0.717, 1.165) is 15.7 Å². The Bertz CT molecular complexity index is 641. The van der Waals surface area contributed by atoms with Gasteiger partial charge in [-0.25, -0.2) is 0 Å². The molecule has 3 N–H and O–H groups in total. The van der Waals surface area contributed by atoms with Crippen LogP contribution in [0.1, 0.15) is 21.6 Å². The molecule has 1 heterocycles. The summed E-state index contributed by atoms with van der Waals surface area (Å²) in [6.45, 7) is 3.72. The zero-order valence-corrected chi connectivity index (χ0v) is 12.3. The van der Waals surface area contributed by atoms with E-state index in [4.69, 9.17) is 5.73 Å². The van der Waals surface area contributed by atoms with Gasteiger partial charge < -0.3 is 11.1 Å². The number of amides is 1. The van der Waals surface area contributed by atoms with E-state index in [-0.39, 0.29) is 5.91 Å². The van der Waals surface area contributed by atoms with Crippen molar-refractivity contribution in [3.63, 3.8) is 0 Å². The minimum Gasteiger partial charge on any atom is -0.397 e. The number of rotatable bonds is 2. The third kappa shape index (κ3) is 3.12. The first kappa shape index (κ1) is 13.5. The Morgan fingerprint density at radius 2 is 2.05 bits per heavy atom. The van der Waals surface area contributed by atoms with Gasteiger partial charge in [0.05, 0.1) is 23.1 Å². The molecule has 19 heavy (non-hydrogen) atoms. The topological polar surface area (TPSA) is 68.0 Å². The Morgan fingerprint density at radius 3 is 2.79 bits per heavy atom. The Kier molecular flexibility index (Phi) is 3.85. The van der Waals surface area contributed by atoms with Gasteiger partial charge in [-0.1, -0.05) is 22.0 Å². The first-order valence-corrected chi connectivity index (χ1v) is 6.56. The molecule has 98 valence electrons. The van der Waals surface area contributed by atoms with Crippen molar-refractivity contribution in [1.29, 1.82) is 0 Å². The summed E-state index contributed by atoms with van der Waals surface area (Å²) in [5.41, 5.74) is 9.03. The van der Waals surface area contributed by atoms with Crippen LogP contribution in [0.15, 0.2) is 34.9 Å². The Balaban J connectivity index is 2.30. The molecule has 0 fully saturated rings. The van der Waals surface area contributed by atoms with Crippen LogP contribution < -0.4 is 11.1 Å². The van der Waals surface area contributed by atoms with Crippen molar-refractivity contribution in [2.75, 3.05) is 11.1 Å². The molecule has 0 aliphatic heterocycles. The summed E-state index contributed by atoms with van der Waals surface area (Å²) in [4.78, 5) is 16.3. The number of aromatic nitrogens is 1. The number of nitrogens with one attached hydrogen (secondary N) is 1. The summed E-state index contributed by atoms with van der Waals surface area (Å²) in [6.07, 6.45) is 1.54. The quantitative estimate of drug-likeness (QED) is 0.892. The fraction of sp³-hybridized carbons (Fsp3) is 0.143. The lowest BCUT2D eigenvalue weighted by atomic mass is 10.1. The number of benzene rings is 1. The molecular weight excluding hydrogens is 306 g/mol. The Labute approximate surface area is 120 Å². The molecule has 1 amide bonds. The van der Waals surface area contributed by atoms with Crippen LogP contribution in [0.2, 0.25) is 0 Å². The van der Waals surface area contributed by atoms with E-state index in [1.54, 1.807) is 13.0 Å². The SMILES string of the molecule is Cc1ccc(Br)cc1NC(=O)c1cc(N)cnc1C. The van der Waals surface area contributed by atoms with Crippen LogP contribution >= 0.6 is 15.9 Å². The second-order valence-corrected chi connectivity index (χ2v) is 5.23. The summed E-state index contributed by atoms with van der Waals surface area (Å²) < 4.78 is 0.913. The fourth-order valence-corrected chi connectivity index (χ4v) is 2.06. The van der Waals surface area contributed by atoms with Gasteiger partial charge in [0.1, 0.15) is 0 Å². The third-order valence-corrected chi connectivity index (χ3v) is 3.29. The number of halogens is 1. The van der Waals surface area contributed by atoms with Gasteiger partial charge in [-0.05, 0) is 37.6 Å². The number of carbonyl (C=O) groups is 1. The van der Waals surface area contributed by atoms with E-state index in [1.165, 1.54) is 6.20 Å². The van der Waals surface area contributed by atoms with Crippen LogP contribution in [0, 0.1) is 13.8 Å². The van der Waals surface area contributed by atoms with Gasteiger partial charge in [-0.15, -0.1) is 0 Å². The summed E-state index contributed by atoms with van der Waals surface area (Å²) in [5, 5.41) is 2.87. The molecule has 2 rings (SSSR count). The number of anilines is 2. The number of aryl methyl sites for hydroxylation is 2. The summed E-state index contributed by atoms with van der Waals surface area (Å²) in [5.74, 6) is -0.210. The number of nitrogens with zero attached hydrogens (tertiary/aromatic N) is 1. The van der Waals surface area contributed by atoms with E-state index in [0.29, 0.717) is 16.9 Å². The molecule has 0 atom stereocenters. The van der Waals surface area contributed by atoms with Crippen LogP contribution in [0.25, 0.3) is 0 Å². The second kappa shape index (κ2) is 5.40. The Morgan fingerprint density at radius 1 is 1.32 bits per heavy atom. The number of hydrogen-bond donors (Lipinski definition) is 2. The van der Waals surface area contributed by atoms with Gasteiger partial charge in [0.2, 0.25) is 0 Å². The summed E-state index contributed by atoms with van der Waals surface area (Å²) in [6, 6.07) is 7.36. The molecule has 0 bridgehead atoms. The molecule has 0 spiro atoms. The molecule has 1 aromatic carbocycles. The molecular formula is C14H14BrN3O. The molecule has 4 nitrogen and oxygen atoms in total. The third-order valence-electron chi connectivity index (χ3n) is 2.80. The molecule has 0 radical (unpaired) electrons. The number of pyridine rings is 1. The average Bonchev–Trinajstić information content (AvgIpc) is 2.36. The molecule has 1 aromatic heterocycles. The van der Waals surface area contributed by atoms with Crippen molar-refractivity contribution in [2.24, 2.45) is 0 Å². The van der Waals surface area contributed by atoms with Gasteiger partial charge in [-0.3, -0.25) is 9.78 Å². The van der Waals surface area contributed by atoms with E-state index in [9.17, 15) is 4.79 Å². The van der Waals surface area contributed by atoms with Crippen LogP contribution in [0.5, 0.6) is 0 Å². The molecule has 0 aliphatic carbocycles. The standard InChI is InChI=1S/C14H14BrN3O/c1-8-3-4-10(15)5-13(8)18-14(19)12-6-11(16)7-17-9(12)2/h3-7H,16H2,1-2H3,(H,18,19). The smallest absolute Gasteiger partial charge is 0.257 e. The fourth-order valence-electron chi connectivity index (χ4n) is 1.70. The average molecular weight is 320 g/mol. The first-order valence-electron chi connectivity index (χ1n) is 5.77. The highest BCUT2D eigenvalue weighted by atomic mass is 79.9. The minimum absolute atomic E-state index is 0.210. The molecule has 0 unspecified atom stereocenters. The van der Waals surface area contributed by atoms with Gasteiger partial charge in [0.25, 0.3) is 5.91 Å². The highest BCUT2D eigenvalue weighted by molar-refractivity contribution is 9.10. The predicted octanol–water partition coefficient (Wildman–Crippen LogP) is 3.30. The van der Waals surface area contributed by atoms with Crippen LogP contribution in [0.3, 0.4) is 0 Å². The predicted molar refractivity (Wildman–Crippen MR) is 80.2 cm³/mol. The van der Waals surface area contributed by atoms with Gasteiger partial charge >= 0.3 is 0 Å². The van der Waals surface area contributed by atoms with Gasteiger partial charge in [-0.2, -0.15) is 0 Å². The van der Waals surface area contributed by atoms with Crippen molar-refractivity contribution in [2.45, 2.75) is 13.8 Å². The van der Waals surface area contributed by atoms with Crippen LogP contribution in [-0.2, 0) is 0 Å². The molecule has 0 saturated carbocycles. The van der Waals surface area contributed by atoms with E-state index in [2.05, 4.69) is 26.2 Å². The van der Waals surface area contributed by atoms with Crippen molar-refractivity contribution in [3.8, 4) is 0 Å². The molecule has 5 heteroatoms. The van der Waals surface area contributed by atoms with Crippen molar-refractivity contribution in [3.05, 3.63) is 51.8 Å². The largest absolute Gasteiger partial charge is 0.397 e. The normalized spacial score (nSPS) is 10.3. The van der Waals surface area contributed by atoms with E-state index >= 15 is 0 Å². The molecule has 0 aliphatic rings. The maximum absolute atomic E-state index is 12.2. The number of nitrogen functional groups attached to an aromatic ring is 1. The minimum atomic E-state index is -0.210. The highest BCUT2D eigenvalue weighted by Crippen LogP contribution is 2.22. The summed E-state index contributed by atoms with van der Waals surface area (Å²) >= 11 is 3.38. The number of hydrogen-bond acceptors (Lipinski definition) is 3. The maximum Gasteiger partial charge on any atom is 0.257 e. The molecule has 2 aromatic rings. The second-order valence-electron chi connectivity index (χ2n) is 4.31. The first-order chi connectivity index (χ1) is 8.97. The highest BCUT2D eigenvalue weighted by Gasteiger charge is 2.12. The van der Waals surface area contributed by atoms with Crippen LogP contribution in [0.4, 0.5) is 11.4 Å². The number of carbonyl (C=O) groups excluding carboxylic acids is 1. The summed E-state index contributed by atoms with van der Waals surface area (Å²) in [7, 11) is 0. The maximum atomic E-state index is 12.2. The zero-order valence-electron chi connectivity index (χ0n) is 10.7. The van der Waals surface area contributed by atoms with Gasteiger partial charge in [0, 0.05) is 10.2 Å². The van der Waals surface area contributed by atoms with E-state index in [1.807, 2.05) is 25.1 Å². The van der Waals surface area contributed by atoms with Crippen molar-refractivity contribution in [1.82, 2.24) is 4.98 Å². The zero-order chi connectivity index (χ0) is 14.0. The van der Waals surface area contributed by atoms with Crippen molar-refractivity contribution >= 4 is 33.2 Å². The van der Waals surface area contributed by atoms with Crippen molar-refractivity contribution < 1.29 is 4.79 Å². The van der Waals surface area contributed by atoms with E-state index < -0.39 is 0 Å². The number of nitrogens with two attached hydrogens (primary N) is 1. The Hall–Kier alpha value is -1.88. The van der Waals surface area contributed by atoms with Gasteiger partial charge in [0.15, 0.2) is 0 Å². The lowest BCUT2D eigenvalue weighted by molar-refractivity contribution is 0.102. The monoisotopic (exact) mass is 319 g/mol. The lowest BCUT2D eigenvalue weighted by Gasteiger charge is -2.10. The molecule has 0 saturated heterocycles. The lowest BCUT2D eigenvalue weighted by Crippen LogP contribution is -2.15.